The lowest BCUT2D eigenvalue weighted by Gasteiger charge is -2.28. The predicted molar refractivity (Wildman–Crippen MR) is 152 cm³/mol. The fourth-order valence-electron chi connectivity index (χ4n) is 6.33. The number of nitrogens with zero attached hydrogens (tertiary/aromatic N) is 5. The van der Waals surface area contributed by atoms with Gasteiger partial charge >= 0.3 is 0 Å². The van der Waals surface area contributed by atoms with Crippen LogP contribution in [0.5, 0.6) is 0 Å². The lowest BCUT2D eigenvalue weighted by atomic mass is 10.0. The van der Waals surface area contributed by atoms with Gasteiger partial charge in [0.2, 0.25) is 11.8 Å². The van der Waals surface area contributed by atoms with Gasteiger partial charge in [0.1, 0.15) is 24.1 Å². The van der Waals surface area contributed by atoms with Gasteiger partial charge in [-0.2, -0.15) is 5.10 Å². The van der Waals surface area contributed by atoms with Crippen LogP contribution in [-0.2, 0) is 22.6 Å². The number of rotatable bonds is 8. The van der Waals surface area contributed by atoms with Crippen LogP contribution in [0, 0.1) is 19.3 Å². The molecule has 3 aromatic heterocycles. The van der Waals surface area contributed by atoms with Crippen LogP contribution in [-0.4, -0.2) is 60.4 Å². The number of hydrogen-bond donors (Lipinski definition) is 1. The molecule has 1 unspecified atom stereocenters. The number of benzene rings is 1. The maximum absolute atomic E-state index is 13.9. The minimum absolute atomic E-state index is 0.0262. The SMILES string of the molecule is CC(=O)c1nn(CC(=O)N2[C@H](C(=O)NC(C)Cc3ccoc3)C[C@@]3(C)C[C@@H]23)c2c(C)cc(-c3cnc(C)nc3)cc12. The van der Waals surface area contributed by atoms with Crippen LogP contribution in [0.2, 0.25) is 0 Å². The summed E-state index contributed by atoms with van der Waals surface area (Å²) in [5, 5.41) is 8.38. The van der Waals surface area contributed by atoms with Crippen molar-refractivity contribution in [2.45, 2.75) is 78.6 Å². The summed E-state index contributed by atoms with van der Waals surface area (Å²) in [7, 11) is 0. The summed E-state index contributed by atoms with van der Waals surface area (Å²) in [5.74, 6) is 0.181. The molecule has 4 aromatic rings. The maximum Gasteiger partial charge on any atom is 0.245 e. The van der Waals surface area contributed by atoms with Gasteiger partial charge in [-0.25, -0.2) is 9.97 Å². The number of aryl methyl sites for hydroxylation is 2. The Kier molecular flexibility index (Phi) is 6.51. The van der Waals surface area contributed by atoms with E-state index in [1.807, 2.05) is 39.0 Å². The first-order valence-electron chi connectivity index (χ1n) is 14.0. The molecular weight excluding hydrogens is 520 g/mol. The number of fused-ring (bicyclic) bond motifs is 2. The van der Waals surface area contributed by atoms with Crippen LogP contribution < -0.4 is 5.32 Å². The second-order valence-corrected chi connectivity index (χ2v) is 11.9. The number of hydrogen-bond acceptors (Lipinski definition) is 7. The van der Waals surface area contributed by atoms with Crippen molar-refractivity contribution >= 4 is 28.5 Å². The van der Waals surface area contributed by atoms with Crippen molar-refractivity contribution in [1.29, 1.82) is 0 Å². The third-order valence-electron chi connectivity index (χ3n) is 8.50. The number of likely N-dealkylation sites (tertiary alicyclic amines) is 1. The van der Waals surface area contributed by atoms with Crippen molar-refractivity contribution in [3.8, 4) is 11.1 Å². The molecule has 1 saturated carbocycles. The number of Topliss-reactive ketones (excluding diaryl/α,β-unsaturated/α-hetero) is 1. The van der Waals surface area contributed by atoms with Crippen molar-refractivity contribution < 1.29 is 18.8 Å². The van der Waals surface area contributed by atoms with Crippen LogP contribution in [0.4, 0.5) is 0 Å². The second-order valence-electron chi connectivity index (χ2n) is 11.9. The van der Waals surface area contributed by atoms with Gasteiger partial charge in [-0.05, 0) is 80.3 Å². The molecule has 4 heterocycles. The molecule has 1 aliphatic carbocycles. The van der Waals surface area contributed by atoms with Crippen molar-refractivity contribution in [3.63, 3.8) is 0 Å². The lowest BCUT2D eigenvalue weighted by molar-refractivity contribution is -0.140. The van der Waals surface area contributed by atoms with Crippen LogP contribution >= 0.6 is 0 Å². The van der Waals surface area contributed by atoms with E-state index in [9.17, 15) is 14.4 Å². The fraction of sp³-hybridized carbons (Fsp3) is 0.419. The van der Waals surface area contributed by atoms with E-state index < -0.39 is 6.04 Å². The largest absolute Gasteiger partial charge is 0.472 e. The van der Waals surface area contributed by atoms with Gasteiger partial charge in [0, 0.05) is 42.4 Å². The molecule has 10 heteroatoms. The zero-order chi connectivity index (χ0) is 29.1. The third kappa shape index (κ3) is 4.92. The third-order valence-corrected chi connectivity index (χ3v) is 8.50. The number of nitrogens with one attached hydrogen (secondary N) is 1. The normalized spacial score (nSPS) is 22.0. The zero-order valence-electron chi connectivity index (χ0n) is 24.0. The van der Waals surface area contributed by atoms with E-state index in [2.05, 4.69) is 27.3 Å². The molecule has 10 nitrogen and oxygen atoms in total. The molecule has 0 spiro atoms. The molecule has 1 N–H and O–H groups in total. The van der Waals surface area contributed by atoms with E-state index in [4.69, 9.17) is 4.42 Å². The second kappa shape index (κ2) is 9.94. The number of piperidine rings is 1. The average Bonchev–Trinajstić information content (AvgIpc) is 3.29. The molecule has 2 fully saturated rings. The summed E-state index contributed by atoms with van der Waals surface area (Å²) in [5.41, 5.74) is 4.58. The van der Waals surface area contributed by atoms with Gasteiger partial charge in [-0.1, -0.05) is 6.92 Å². The molecule has 0 radical (unpaired) electrons. The number of carbonyl (C=O) groups excluding carboxylic acids is 3. The molecule has 0 bridgehead atoms. The Labute approximate surface area is 238 Å². The minimum Gasteiger partial charge on any atom is -0.472 e. The lowest BCUT2D eigenvalue weighted by Crippen LogP contribution is -2.51. The van der Waals surface area contributed by atoms with Crippen LogP contribution in [0.15, 0.2) is 47.5 Å². The Morgan fingerprint density at radius 3 is 2.59 bits per heavy atom. The molecule has 2 amide bonds. The smallest absolute Gasteiger partial charge is 0.245 e. The Morgan fingerprint density at radius 1 is 1.15 bits per heavy atom. The van der Waals surface area contributed by atoms with E-state index in [1.165, 1.54) is 6.92 Å². The Hall–Kier alpha value is -4.34. The topological polar surface area (TPSA) is 123 Å². The van der Waals surface area contributed by atoms with Crippen molar-refractivity contribution in [3.05, 3.63) is 65.8 Å². The van der Waals surface area contributed by atoms with Crippen LogP contribution in [0.1, 0.15) is 61.1 Å². The summed E-state index contributed by atoms with van der Waals surface area (Å²) >= 11 is 0. The minimum atomic E-state index is -0.540. The summed E-state index contributed by atoms with van der Waals surface area (Å²) in [6.07, 6.45) is 8.96. The number of ketones is 1. The Bertz CT molecular complexity index is 1660. The van der Waals surface area contributed by atoms with Gasteiger partial charge in [0.05, 0.1) is 18.0 Å². The van der Waals surface area contributed by atoms with Crippen molar-refractivity contribution in [1.82, 2.24) is 30.0 Å². The fourth-order valence-corrected chi connectivity index (χ4v) is 6.33. The van der Waals surface area contributed by atoms with E-state index in [0.29, 0.717) is 29.7 Å². The quantitative estimate of drug-likeness (QED) is 0.326. The first-order valence-corrected chi connectivity index (χ1v) is 14.0. The highest BCUT2D eigenvalue weighted by Gasteiger charge is 2.64. The number of amides is 2. The molecule has 1 aromatic carbocycles. The molecule has 4 atom stereocenters. The van der Waals surface area contributed by atoms with Crippen molar-refractivity contribution in [2.24, 2.45) is 5.41 Å². The van der Waals surface area contributed by atoms with Crippen LogP contribution in [0.3, 0.4) is 0 Å². The van der Waals surface area contributed by atoms with E-state index >= 15 is 0 Å². The first kappa shape index (κ1) is 26.9. The molecular formula is C31H34N6O4. The standard InChI is InChI=1S/C31H34N6O4/c1-17-8-22(23-13-32-20(4)33-14-23)10-24-28(19(3)38)35-36(29(17)24)15-27(39)37-25(11-31(5)12-26(31)37)30(40)34-18(2)9-21-6-7-41-16-21/h6-8,10,13-14,16,18,25-26H,9,11-12,15H2,1-5H3,(H,34,40)/t18?,25-,26+,31-/m0/s1. The summed E-state index contributed by atoms with van der Waals surface area (Å²) in [6, 6.07) is 5.17. The number of aromatic nitrogens is 4. The highest BCUT2D eigenvalue weighted by molar-refractivity contribution is 6.07. The van der Waals surface area contributed by atoms with Gasteiger partial charge in [-0.15, -0.1) is 0 Å². The molecule has 6 rings (SSSR count). The summed E-state index contributed by atoms with van der Waals surface area (Å²) < 4.78 is 6.77. The van der Waals surface area contributed by atoms with E-state index in [-0.39, 0.29) is 41.6 Å². The Morgan fingerprint density at radius 2 is 1.90 bits per heavy atom. The Balaban J connectivity index is 1.27. The first-order chi connectivity index (χ1) is 19.5. The molecule has 2 aliphatic rings. The van der Waals surface area contributed by atoms with E-state index in [1.54, 1.807) is 34.5 Å². The average molecular weight is 555 g/mol. The van der Waals surface area contributed by atoms with Crippen LogP contribution in [0.25, 0.3) is 22.0 Å². The van der Waals surface area contributed by atoms with Crippen molar-refractivity contribution in [2.75, 3.05) is 0 Å². The molecule has 212 valence electrons. The summed E-state index contributed by atoms with van der Waals surface area (Å²) in [6.45, 7) is 9.28. The van der Waals surface area contributed by atoms with Gasteiger partial charge in [0.15, 0.2) is 5.78 Å². The number of carbonyl (C=O) groups is 3. The molecule has 41 heavy (non-hydrogen) atoms. The maximum atomic E-state index is 13.9. The predicted octanol–water partition coefficient (Wildman–Crippen LogP) is 4.03. The number of furan rings is 1. The molecule has 1 aliphatic heterocycles. The monoisotopic (exact) mass is 554 g/mol. The van der Waals surface area contributed by atoms with Gasteiger partial charge in [0.25, 0.3) is 0 Å². The zero-order valence-corrected chi connectivity index (χ0v) is 24.0. The van der Waals surface area contributed by atoms with Gasteiger partial charge in [-0.3, -0.25) is 19.1 Å². The summed E-state index contributed by atoms with van der Waals surface area (Å²) in [4.78, 5) is 50.3. The van der Waals surface area contributed by atoms with Gasteiger partial charge < -0.3 is 14.6 Å². The highest BCUT2D eigenvalue weighted by Crippen LogP contribution is 2.59. The highest BCUT2D eigenvalue weighted by atomic mass is 16.3. The van der Waals surface area contributed by atoms with E-state index in [0.717, 1.165) is 34.2 Å². The molecule has 1 saturated heterocycles.